The van der Waals surface area contributed by atoms with Gasteiger partial charge < -0.3 is 9.88 Å². The molecule has 1 N–H and O–H groups in total. The van der Waals surface area contributed by atoms with Gasteiger partial charge in [0, 0.05) is 41.9 Å². The first-order valence-electron chi connectivity index (χ1n) is 9.09. The van der Waals surface area contributed by atoms with Crippen LogP contribution >= 0.6 is 11.8 Å². The zero-order valence-electron chi connectivity index (χ0n) is 14.9. The van der Waals surface area contributed by atoms with E-state index in [9.17, 15) is 4.79 Å². The molecule has 1 aromatic carbocycles. The van der Waals surface area contributed by atoms with Gasteiger partial charge in [0.1, 0.15) is 5.82 Å². The van der Waals surface area contributed by atoms with Crippen molar-refractivity contribution < 1.29 is 4.79 Å². The Balaban J connectivity index is 1.35. The molecule has 138 valence electrons. The first-order chi connectivity index (χ1) is 13.3. The number of fused-ring (bicyclic) bond motifs is 1. The number of aromatic nitrogens is 4. The average Bonchev–Trinajstić information content (AvgIpc) is 3.02. The number of pyridine rings is 1. The van der Waals surface area contributed by atoms with Crippen LogP contribution < -0.4 is 5.32 Å². The van der Waals surface area contributed by atoms with E-state index in [1.54, 1.807) is 12.4 Å². The highest BCUT2D eigenvalue weighted by molar-refractivity contribution is 8.00. The van der Waals surface area contributed by atoms with Crippen LogP contribution in [0, 0.1) is 0 Å². The Bertz CT molecular complexity index is 897. The smallest absolute Gasteiger partial charge is 0.230 e. The fourth-order valence-electron chi connectivity index (χ4n) is 3.29. The summed E-state index contributed by atoms with van der Waals surface area (Å²) >= 11 is 1.53. The number of hydrogen-bond acceptors (Lipinski definition) is 5. The molecule has 0 bridgehead atoms. The molecular formula is C20H21N5OS. The average molecular weight is 379 g/mol. The molecular weight excluding hydrogens is 358 g/mol. The van der Waals surface area contributed by atoms with Gasteiger partial charge in [0.05, 0.1) is 5.75 Å². The first-order valence-corrected chi connectivity index (χ1v) is 10.1. The van der Waals surface area contributed by atoms with Gasteiger partial charge in [0.2, 0.25) is 5.91 Å². The number of nitrogens with zero attached hydrogens (tertiary/aromatic N) is 4. The molecule has 3 heterocycles. The highest BCUT2D eigenvalue weighted by Crippen LogP contribution is 2.23. The lowest BCUT2D eigenvalue weighted by Gasteiger charge is -2.16. The lowest BCUT2D eigenvalue weighted by molar-refractivity contribution is -0.119. The number of nitrogens with one attached hydrogen (secondary N) is 1. The number of hydrogen-bond donors (Lipinski definition) is 1. The second-order valence-electron chi connectivity index (χ2n) is 6.52. The van der Waals surface area contributed by atoms with Crippen LogP contribution in [0.15, 0.2) is 59.8 Å². The van der Waals surface area contributed by atoms with E-state index >= 15 is 0 Å². The van der Waals surface area contributed by atoms with Gasteiger partial charge in [0.25, 0.3) is 0 Å². The van der Waals surface area contributed by atoms with Crippen LogP contribution in [-0.4, -0.2) is 37.5 Å². The molecule has 3 aromatic rings. The Hall–Kier alpha value is -2.67. The third kappa shape index (κ3) is 4.36. The van der Waals surface area contributed by atoms with Crippen molar-refractivity contribution in [2.24, 2.45) is 0 Å². The van der Waals surface area contributed by atoms with Gasteiger partial charge in [-0.25, -0.2) is 0 Å². The molecule has 27 heavy (non-hydrogen) atoms. The molecule has 1 unspecified atom stereocenters. The summed E-state index contributed by atoms with van der Waals surface area (Å²) < 4.78 is 2.19. The van der Waals surface area contributed by atoms with E-state index in [0.29, 0.717) is 5.75 Å². The quantitative estimate of drug-likeness (QED) is 0.690. The van der Waals surface area contributed by atoms with Crippen LogP contribution in [0.25, 0.3) is 11.4 Å². The molecule has 1 aliphatic rings. The van der Waals surface area contributed by atoms with E-state index in [4.69, 9.17) is 0 Å². The monoisotopic (exact) mass is 379 g/mol. The van der Waals surface area contributed by atoms with Gasteiger partial charge in [-0.3, -0.25) is 9.78 Å². The zero-order chi connectivity index (χ0) is 18.5. The van der Waals surface area contributed by atoms with Crippen molar-refractivity contribution in [2.45, 2.75) is 36.7 Å². The van der Waals surface area contributed by atoms with E-state index in [1.807, 2.05) is 30.3 Å². The van der Waals surface area contributed by atoms with Crippen molar-refractivity contribution in [2.75, 3.05) is 5.75 Å². The summed E-state index contributed by atoms with van der Waals surface area (Å²) in [5.74, 6) is 2.40. The molecule has 2 aromatic heterocycles. The summed E-state index contributed by atoms with van der Waals surface area (Å²) in [4.78, 5) is 17.4. The Kier molecular flexibility index (Phi) is 5.48. The molecule has 7 heteroatoms. The van der Waals surface area contributed by atoms with Crippen LogP contribution in [0.2, 0.25) is 0 Å². The highest BCUT2D eigenvalue weighted by atomic mass is 32.2. The Labute approximate surface area is 162 Å². The normalized spacial score (nSPS) is 16.4. The van der Waals surface area contributed by atoms with E-state index in [0.717, 1.165) is 47.9 Å². The summed E-state index contributed by atoms with van der Waals surface area (Å²) in [5.41, 5.74) is 1.08. The van der Waals surface area contributed by atoms with Crippen molar-refractivity contribution in [1.82, 2.24) is 25.1 Å². The topological polar surface area (TPSA) is 72.7 Å². The van der Waals surface area contributed by atoms with Crippen molar-refractivity contribution in [3.8, 4) is 11.4 Å². The van der Waals surface area contributed by atoms with E-state index < -0.39 is 0 Å². The number of carbonyl (C=O) groups is 1. The first kappa shape index (κ1) is 17.7. The Morgan fingerprint density at radius 1 is 1.11 bits per heavy atom. The standard InChI is InChI=1S/C20H21N5OS/c26-19(14-27-17-8-11-21-12-9-17)22-16-6-7-18-23-24-20(25(18)13-10-16)15-4-2-1-3-5-15/h1-5,8-9,11-12,16H,6-7,10,13-14H2,(H,22,26). The van der Waals surface area contributed by atoms with Gasteiger partial charge in [-0.2, -0.15) is 0 Å². The number of rotatable bonds is 5. The minimum atomic E-state index is 0.0720. The van der Waals surface area contributed by atoms with Crippen molar-refractivity contribution >= 4 is 17.7 Å². The van der Waals surface area contributed by atoms with Crippen LogP contribution in [-0.2, 0) is 17.8 Å². The lowest BCUT2D eigenvalue weighted by atomic mass is 10.1. The molecule has 0 radical (unpaired) electrons. The molecule has 1 aliphatic heterocycles. The molecule has 6 nitrogen and oxygen atoms in total. The summed E-state index contributed by atoms with van der Waals surface area (Å²) in [6.07, 6.45) is 6.08. The fraction of sp³-hybridized carbons (Fsp3) is 0.300. The Morgan fingerprint density at radius 3 is 2.74 bits per heavy atom. The third-order valence-corrected chi connectivity index (χ3v) is 5.67. The van der Waals surface area contributed by atoms with Gasteiger partial charge in [-0.05, 0) is 25.0 Å². The van der Waals surface area contributed by atoms with Crippen LogP contribution in [0.1, 0.15) is 18.7 Å². The van der Waals surface area contributed by atoms with Crippen LogP contribution in [0.5, 0.6) is 0 Å². The second-order valence-corrected chi connectivity index (χ2v) is 7.57. The largest absolute Gasteiger partial charge is 0.353 e. The molecule has 0 aliphatic carbocycles. The molecule has 1 atom stereocenters. The van der Waals surface area contributed by atoms with Gasteiger partial charge in [-0.15, -0.1) is 22.0 Å². The molecule has 1 amide bonds. The zero-order valence-corrected chi connectivity index (χ0v) is 15.7. The van der Waals surface area contributed by atoms with Crippen LogP contribution in [0.4, 0.5) is 0 Å². The summed E-state index contributed by atoms with van der Waals surface area (Å²) in [5, 5.41) is 11.9. The molecule has 4 rings (SSSR count). The minimum absolute atomic E-state index is 0.0720. The highest BCUT2D eigenvalue weighted by Gasteiger charge is 2.22. The fourth-order valence-corrected chi connectivity index (χ4v) is 3.98. The third-order valence-electron chi connectivity index (χ3n) is 4.66. The predicted molar refractivity (Wildman–Crippen MR) is 105 cm³/mol. The van der Waals surface area contributed by atoms with Crippen LogP contribution in [0.3, 0.4) is 0 Å². The van der Waals surface area contributed by atoms with E-state index in [2.05, 4.69) is 37.2 Å². The minimum Gasteiger partial charge on any atom is -0.353 e. The number of amides is 1. The molecule has 0 saturated carbocycles. The van der Waals surface area contributed by atoms with Gasteiger partial charge in [0.15, 0.2) is 5.82 Å². The number of benzene rings is 1. The molecule has 0 spiro atoms. The summed E-state index contributed by atoms with van der Waals surface area (Å²) in [7, 11) is 0. The van der Waals surface area contributed by atoms with Crippen molar-refractivity contribution in [1.29, 1.82) is 0 Å². The van der Waals surface area contributed by atoms with Crippen molar-refractivity contribution in [3.63, 3.8) is 0 Å². The SMILES string of the molecule is O=C(CSc1ccncc1)NC1CCc2nnc(-c3ccccc3)n2CC1. The summed E-state index contributed by atoms with van der Waals surface area (Å²) in [6, 6.07) is 14.1. The van der Waals surface area contributed by atoms with Crippen molar-refractivity contribution in [3.05, 3.63) is 60.7 Å². The molecule has 0 saturated heterocycles. The maximum atomic E-state index is 12.3. The van der Waals surface area contributed by atoms with Gasteiger partial charge in [-0.1, -0.05) is 30.3 Å². The second kappa shape index (κ2) is 8.35. The Morgan fingerprint density at radius 2 is 1.93 bits per heavy atom. The van der Waals surface area contributed by atoms with E-state index in [1.165, 1.54) is 11.8 Å². The number of thioether (sulfide) groups is 1. The molecule has 0 fully saturated rings. The number of aryl methyl sites for hydroxylation is 1. The summed E-state index contributed by atoms with van der Waals surface area (Å²) in [6.45, 7) is 0.814. The maximum Gasteiger partial charge on any atom is 0.230 e. The lowest BCUT2D eigenvalue weighted by Crippen LogP contribution is -2.36. The van der Waals surface area contributed by atoms with Gasteiger partial charge >= 0.3 is 0 Å². The maximum absolute atomic E-state index is 12.3. The van der Waals surface area contributed by atoms with E-state index in [-0.39, 0.29) is 11.9 Å². The number of carbonyl (C=O) groups excluding carboxylic acids is 1. The predicted octanol–water partition coefficient (Wildman–Crippen LogP) is 2.95.